The number of aryl methyl sites for hydroxylation is 3. The van der Waals surface area contributed by atoms with Crippen molar-refractivity contribution in [1.82, 2.24) is 5.32 Å². The Balaban J connectivity index is 3.00. The molecular formula is C13H20N2. The normalized spacial score (nSPS) is 9.87. The van der Waals surface area contributed by atoms with Gasteiger partial charge in [0.15, 0.2) is 0 Å². The van der Waals surface area contributed by atoms with Gasteiger partial charge in [-0.25, -0.2) is 0 Å². The molecule has 1 rings (SSSR count). The Morgan fingerprint density at radius 1 is 1.27 bits per heavy atom. The fourth-order valence-electron chi connectivity index (χ4n) is 1.62. The Hall–Kier alpha value is -1.44. The molecule has 0 heterocycles. The largest absolute Gasteiger partial charge is 0.375 e. The zero-order valence-corrected chi connectivity index (χ0v) is 10.1. The van der Waals surface area contributed by atoms with Crippen LogP contribution in [0.2, 0.25) is 0 Å². The van der Waals surface area contributed by atoms with Gasteiger partial charge in [0.05, 0.1) is 5.82 Å². The Labute approximate surface area is 92.4 Å². The van der Waals surface area contributed by atoms with Crippen molar-refractivity contribution in [1.29, 1.82) is 0 Å². The molecule has 0 fully saturated rings. The highest BCUT2D eigenvalue weighted by atomic mass is 15.1. The van der Waals surface area contributed by atoms with Crippen LogP contribution in [0.5, 0.6) is 0 Å². The lowest BCUT2D eigenvalue weighted by molar-refractivity contribution is 1.00. The van der Waals surface area contributed by atoms with Gasteiger partial charge in [-0.15, -0.1) is 0 Å². The number of rotatable bonds is 4. The van der Waals surface area contributed by atoms with Gasteiger partial charge in [-0.3, -0.25) is 0 Å². The van der Waals surface area contributed by atoms with Crippen molar-refractivity contribution in [2.45, 2.75) is 27.2 Å². The van der Waals surface area contributed by atoms with Crippen LogP contribution in [0.4, 0.5) is 5.69 Å². The highest BCUT2D eigenvalue weighted by Crippen LogP contribution is 2.21. The molecule has 0 bridgehead atoms. The molecule has 0 aliphatic rings. The van der Waals surface area contributed by atoms with Crippen LogP contribution in [-0.2, 0) is 6.42 Å². The van der Waals surface area contributed by atoms with Gasteiger partial charge in [-0.1, -0.05) is 19.6 Å². The topological polar surface area (TPSA) is 24.1 Å². The number of hydrogen-bond donors (Lipinski definition) is 2. The summed E-state index contributed by atoms with van der Waals surface area (Å²) in [5, 5.41) is 6.23. The van der Waals surface area contributed by atoms with Crippen molar-refractivity contribution >= 4 is 5.69 Å². The van der Waals surface area contributed by atoms with E-state index in [9.17, 15) is 0 Å². The fourth-order valence-corrected chi connectivity index (χ4v) is 1.62. The van der Waals surface area contributed by atoms with Crippen LogP contribution in [0.15, 0.2) is 24.5 Å². The summed E-state index contributed by atoms with van der Waals surface area (Å²) in [5.41, 5.74) is 5.13. The summed E-state index contributed by atoms with van der Waals surface area (Å²) < 4.78 is 0. The Kier molecular flexibility index (Phi) is 3.78. The Bertz CT molecular complexity index is 367. The van der Waals surface area contributed by atoms with Gasteiger partial charge < -0.3 is 10.6 Å². The van der Waals surface area contributed by atoms with Gasteiger partial charge in [-0.2, -0.15) is 0 Å². The third-order valence-electron chi connectivity index (χ3n) is 2.65. The number of benzene rings is 1. The van der Waals surface area contributed by atoms with Crippen LogP contribution in [0.25, 0.3) is 0 Å². The molecule has 2 heteroatoms. The molecule has 0 radical (unpaired) electrons. The second-order valence-electron chi connectivity index (χ2n) is 3.80. The summed E-state index contributed by atoms with van der Waals surface area (Å²) in [4.78, 5) is 0. The van der Waals surface area contributed by atoms with Crippen LogP contribution in [-0.4, -0.2) is 7.05 Å². The molecule has 2 nitrogen and oxygen atoms in total. The summed E-state index contributed by atoms with van der Waals surface area (Å²) in [5.74, 6) is 0.821. The van der Waals surface area contributed by atoms with E-state index in [1.807, 2.05) is 7.05 Å². The van der Waals surface area contributed by atoms with Crippen LogP contribution < -0.4 is 10.6 Å². The van der Waals surface area contributed by atoms with E-state index in [0.29, 0.717) is 0 Å². The molecule has 0 aliphatic carbocycles. The van der Waals surface area contributed by atoms with E-state index >= 15 is 0 Å². The minimum Gasteiger partial charge on any atom is -0.375 e. The van der Waals surface area contributed by atoms with Gasteiger partial charge in [0.25, 0.3) is 0 Å². The SMILES string of the molecule is C=C(NC)Nc1cc(C)c(CC)cc1C. The number of nitrogens with one attached hydrogen (secondary N) is 2. The maximum Gasteiger partial charge on any atom is 0.0954 e. The summed E-state index contributed by atoms with van der Waals surface area (Å²) in [7, 11) is 1.86. The monoisotopic (exact) mass is 204 g/mol. The van der Waals surface area contributed by atoms with E-state index in [1.165, 1.54) is 16.7 Å². The summed E-state index contributed by atoms with van der Waals surface area (Å²) >= 11 is 0. The lowest BCUT2D eigenvalue weighted by atomic mass is 10.0. The van der Waals surface area contributed by atoms with E-state index in [4.69, 9.17) is 0 Å². The molecule has 0 amide bonds. The van der Waals surface area contributed by atoms with Gasteiger partial charge in [0.2, 0.25) is 0 Å². The quantitative estimate of drug-likeness (QED) is 0.788. The van der Waals surface area contributed by atoms with Crippen molar-refractivity contribution in [3.8, 4) is 0 Å². The summed E-state index contributed by atoms with van der Waals surface area (Å²) in [6, 6.07) is 4.41. The maximum atomic E-state index is 3.86. The van der Waals surface area contributed by atoms with Crippen LogP contribution >= 0.6 is 0 Å². The van der Waals surface area contributed by atoms with Gasteiger partial charge in [0, 0.05) is 12.7 Å². The first-order chi connectivity index (χ1) is 7.08. The number of anilines is 1. The lowest BCUT2D eigenvalue weighted by Gasteiger charge is -2.14. The molecule has 0 aliphatic heterocycles. The zero-order valence-electron chi connectivity index (χ0n) is 10.1. The van der Waals surface area contributed by atoms with E-state index in [1.54, 1.807) is 0 Å². The third kappa shape index (κ3) is 2.75. The third-order valence-corrected chi connectivity index (χ3v) is 2.65. The summed E-state index contributed by atoms with van der Waals surface area (Å²) in [6.07, 6.45) is 1.08. The molecule has 2 N–H and O–H groups in total. The molecule has 0 spiro atoms. The molecule has 15 heavy (non-hydrogen) atoms. The smallest absolute Gasteiger partial charge is 0.0954 e. The molecule has 0 saturated heterocycles. The molecule has 0 atom stereocenters. The fraction of sp³-hybridized carbons (Fsp3) is 0.385. The van der Waals surface area contributed by atoms with Crippen molar-refractivity contribution in [3.05, 3.63) is 41.2 Å². The zero-order chi connectivity index (χ0) is 11.4. The predicted octanol–water partition coefficient (Wildman–Crippen LogP) is 2.97. The van der Waals surface area contributed by atoms with Crippen molar-refractivity contribution in [2.75, 3.05) is 12.4 Å². The molecular weight excluding hydrogens is 184 g/mol. The first-order valence-corrected chi connectivity index (χ1v) is 5.32. The molecule has 1 aromatic carbocycles. The highest BCUT2D eigenvalue weighted by Gasteiger charge is 2.03. The Morgan fingerprint density at radius 2 is 1.93 bits per heavy atom. The number of hydrogen-bond acceptors (Lipinski definition) is 2. The van der Waals surface area contributed by atoms with E-state index in [-0.39, 0.29) is 0 Å². The molecule has 82 valence electrons. The highest BCUT2D eigenvalue weighted by molar-refractivity contribution is 5.57. The standard InChI is InChI=1S/C13H20N2/c1-6-12-7-10(3)13(8-9(12)2)15-11(4)14-5/h7-8,14-15H,4,6H2,1-3,5H3. The second kappa shape index (κ2) is 4.87. The van der Waals surface area contributed by atoms with Crippen LogP contribution in [0, 0.1) is 13.8 Å². The molecule has 0 saturated carbocycles. The van der Waals surface area contributed by atoms with E-state index in [2.05, 4.69) is 50.1 Å². The molecule has 1 aromatic rings. The predicted molar refractivity (Wildman–Crippen MR) is 67.1 cm³/mol. The second-order valence-corrected chi connectivity index (χ2v) is 3.80. The van der Waals surface area contributed by atoms with Crippen LogP contribution in [0.3, 0.4) is 0 Å². The van der Waals surface area contributed by atoms with Gasteiger partial charge >= 0.3 is 0 Å². The van der Waals surface area contributed by atoms with Crippen molar-refractivity contribution in [3.63, 3.8) is 0 Å². The van der Waals surface area contributed by atoms with Gasteiger partial charge in [0.1, 0.15) is 0 Å². The average molecular weight is 204 g/mol. The Morgan fingerprint density at radius 3 is 2.47 bits per heavy atom. The minimum atomic E-state index is 0.821. The first kappa shape index (κ1) is 11.6. The summed E-state index contributed by atoms with van der Waals surface area (Å²) in [6.45, 7) is 10.3. The molecule has 0 aromatic heterocycles. The first-order valence-electron chi connectivity index (χ1n) is 5.32. The van der Waals surface area contributed by atoms with Crippen molar-refractivity contribution < 1.29 is 0 Å². The minimum absolute atomic E-state index is 0.821. The van der Waals surface area contributed by atoms with Crippen molar-refractivity contribution in [2.24, 2.45) is 0 Å². The average Bonchev–Trinajstić information content (AvgIpc) is 2.22. The van der Waals surface area contributed by atoms with Crippen LogP contribution in [0.1, 0.15) is 23.6 Å². The molecule has 0 unspecified atom stereocenters. The lowest BCUT2D eigenvalue weighted by Crippen LogP contribution is -2.13. The van der Waals surface area contributed by atoms with E-state index < -0.39 is 0 Å². The van der Waals surface area contributed by atoms with Gasteiger partial charge in [-0.05, 0) is 43.0 Å². The van der Waals surface area contributed by atoms with E-state index in [0.717, 1.165) is 17.9 Å². The maximum absolute atomic E-state index is 3.86.